The van der Waals surface area contributed by atoms with Crippen LogP contribution in [0.4, 0.5) is 31.0 Å². The normalized spacial score (nSPS) is 17.1. The van der Waals surface area contributed by atoms with E-state index in [-0.39, 0.29) is 23.0 Å². The summed E-state index contributed by atoms with van der Waals surface area (Å²) >= 11 is 0. The van der Waals surface area contributed by atoms with Crippen LogP contribution in [0.25, 0.3) is 11.3 Å². The average molecular weight is 503 g/mol. The van der Waals surface area contributed by atoms with E-state index in [0.29, 0.717) is 64.5 Å². The molecule has 36 heavy (non-hydrogen) atoms. The largest absolute Gasteiger partial charge is 0.455 e. The number of ether oxygens (including phenoxy) is 2. The minimum absolute atomic E-state index is 0.0413. The number of aromatic nitrogens is 3. The maximum atomic E-state index is 13.3. The third kappa shape index (κ3) is 5.57. The molecule has 0 radical (unpaired) electrons. The summed E-state index contributed by atoms with van der Waals surface area (Å²) < 4.78 is 56.5. The van der Waals surface area contributed by atoms with Gasteiger partial charge in [0.2, 0.25) is 17.8 Å². The zero-order chi connectivity index (χ0) is 25.0. The molecule has 13 heteroatoms. The molecule has 0 saturated carbocycles. The molecule has 3 aromatic rings. The molecule has 190 valence electrons. The fourth-order valence-corrected chi connectivity index (χ4v) is 3.88. The number of morpholine rings is 2. The Kier molecular flexibility index (Phi) is 7.00. The van der Waals surface area contributed by atoms with Crippen molar-refractivity contribution in [3.63, 3.8) is 0 Å². The fraction of sp³-hybridized carbons (Fsp3) is 0.391. The maximum Gasteiger partial charge on any atom is 0.417 e. The van der Waals surface area contributed by atoms with Gasteiger partial charge in [0.15, 0.2) is 0 Å². The second-order valence-corrected chi connectivity index (χ2v) is 8.07. The molecule has 0 aliphatic carbocycles. The molecule has 2 fully saturated rings. The van der Waals surface area contributed by atoms with Crippen molar-refractivity contribution in [1.82, 2.24) is 15.0 Å². The third-order valence-electron chi connectivity index (χ3n) is 5.68. The van der Waals surface area contributed by atoms with Crippen LogP contribution in [0, 0.1) is 0 Å². The lowest BCUT2D eigenvalue weighted by atomic mass is 10.1. The number of benzene rings is 1. The van der Waals surface area contributed by atoms with Gasteiger partial charge >= 0.3 is 6.18 Å². The summed E-state index contributed by atoms with van der Waals surface area (Å²) in [7, 11) is 0. The summed E-state index contributed by atoms with van der Waals surface area (Å²) in [5.74, 6) is 1.62. The first kappa shape index (κ1) is 24.0. The lowest BCUT2D eigenvalue weighted by Crippen LogP contribution is -2.40. The zero-order valence-corrected chi connectivity index (χ0v) is 19.2. The SMILES string of the molecule is FC(F)(F)c1ccccc1-c1ccc(/C=N\Nc2nc(N3CCOCC3)nc(N3CCOCC3)n2)o1. The van der Waals surface area contributed by atoms with Crippen LogP contribution in [0.2, 0.25) is 0 Å². The van der Waals surface area contributed by atoms with Gasteiger partial charge in [-0.3, -0.25) is 0 Å². The number of hydrogen-bond acceptors (Lipinski definition) is 10. The first-order chi connectivity index (χ1) is 17.5. The third-order valence-corrected chi connectivity index (χ3v) is 5.68. The van der Waals surface area contributed by atoms with Crippen molar-refractivity contribution in [2.45, 2.75) is 6.18 Å². The van der Waals surface area contributed by atoms with Crippen LogP contribution in [-0.4, -0.2) is 73.8 Å². The average Bonchev–Trinajstić information content (AvgIpc) is 3.38. The van der Waals surface area contributed by atoms with Crippen molar-refractivity contribution < 1.29 is 27.1 Å². The number of anilines is 3. The quantitative estimate of drug-likeness (QED) is 0.401. The van der Waals surface area contributed by atoms with Gasteiger partial charge < -0.3 is 23.7 Å². The van der Waals surface area contributed by atoms with Gasteiger partial charge in [0, 0.05) is 31.7 Å². The molecular formula is C23H24F3N7O3. The van der Waals surface area contributed by atoms with Crippen molar-refractivity contribution in [1.29, 1.82) is 0 Å². The molecule has 2 aromatic heterocycles. The van der Waals surface area contributed by atoms with Crippen LogP contribution in [0.15, 0.2) is 45.9 Å². The molecule has 0 amide bonds. The highest BCUT2D eigenvalue weighted by molar-refractivity contribution is 5.78. The van der Waals surface area contributed by atoms with Gasteiger partial charge in [-0.15, -0.1) is 0 Å². The molecule has 1 N–H and O–H groups in total. The molecule has 2 aliphatic rings. The topological polar surface area (TPSA) is 101 Å². The Hall–Kier alpha value is -3.71. The van der Waals surface area contributed by atoms with E-state index >= 15 is 0 Å². The minimum atomic E-state index is -4.49. The molecule has 10 nitrogen and oxygen atoms in total. The van der Waals surface area contributed by atoms with E-state index < -0.39 is 11.7 Å². The molecule has 5 rings (SSSR count). The summed E-state index contributed by atoms with van der Waals surface area (Å²) in [5, 5.41) is 4.13. The lowest BCUT2D eigenvalue weighted by Gasteiger charge is -2.30. The molecule has 0 bridgehead atoms. The zero-order valence-electron chi connectivity index (χ0n) is 19.2. The van der Waals surface area contributed by atoms with E-state index in [1.54, 1.807) is 6.07 Å². The molecule has 0 atom stereocenters. The predicted molar refractivity (Wildman–Crippen MR) is 126 cm³/mol. The summed E-state index contributed by atoms with van der Waals surface area (Å²) in [5.41, 5.74) is 1.98. The van der Waals surface area contributed by atoms with E-state index in [2.05, 4.69) is 25.5 Å². The van der Waals surface area contributed by atoms with Crippen LogP contribution >= 0.6 is 0 Å². The summed E-state index contributed by atoms with van der Waals surface area (Å²) in [4.78, 5) is 17.6. The summed E-state index contributed by atoms with van der Waals surface area (Å²) in [6.45, 7) is 4.95. The molecule has 2 saturated heterocycles. The first-order valence-electron chi connectivity index (χ1n) is 11.4. The number of rotatable bonds is 6. The van der Waals surface area contributed by atoms with Crippen molar-refractivity contribution >= 4 is 24.1 Å². The first-order valence-corrected chi connectivity index (χ1v) is 11.4. The Balaban J connectivity index is 1.34. The van der Waals surface area contributed by atoms with E-state index in [1.807, 2.05) is 9.80 Å². The highest BCUT2D eigenvalue weighted by Crippen LogP contribution is 2.37. The minimum Gasteiger partial charge on any atom is -0.455 e. The van der Waals surface area contributed by atoms with Crippen molar-refractivity contribution in [3.8, 4) is 11.3 Å². The molecular weight excluding hydrogens is 479 g/mol. The van der Waals surface area contributed by atoms with Crippen LogP contribution in [0.3, 0.4) is 0 Å². The summed E-state index contributed by atoms with van der Waals surface area (Å²) in [6, 6.07) is 8.27. The predicted octanol–water partition coefficient (Wildman–Crippen LogP) is 3.27. The smallest absolute Gasteiger partial charge is 0.417 e. The molecule has 0 unspecified atom stereocenters. The van der Waals surface area contributed by atoms with Gasteiger partial charge in [-0.1, -0.05) is 18.2 Å². The van der Waals surface area contributed by atoms with Gasteiger partial charge in [-0.2, -0.15) is 33.2 Å². The molecule has 4 heterocycles. The van der Waals surface area contributed by atoms with Crippen molar-refractivity contribution in [3.05, 3.63) is 47.7 Å². The van der Waals surface area contributed by atoms with Gasteiger partial charge in [0.1, 0.15) is 11.5 Å². The monoisotopic (exact) mass is 503 g/mol. The highest BCUT2D eigenvalue weighted by Gasteiger charge is 2.34. The Morgan fingerprint density at radius 2 is 1.44 bits per heavy atom. The van der Waals surface area contributed by atoms with Crippen molar-refractivity contribution in [2.75, 3.05) is 67.8 Å². The van der Waals surface area contributed by atoms with Crippen LogP contribution < -0.4 is 15.2 Å². The Bertz CT molecular complexity index is 1170. The second-order valence-electron chi connectivity index (χ2n) is 8.07. The van der Waals surface area contributed by atoms with E-state index in [9.17, 15) is 13.2 Å². The van der Waals surface area contributed by atoms with Crippen LogP contribution in [-0.2, 0) is 15.7 Å². The lowest BCUT2D eigenvalue weighted by molar-refractivity contribution is -0.137. The number of furan rings is 1. The standard InChI is InChI=1S/C23H24F3N7O3/c24-23(25,26)18-4-2-1-3-17(18)19-6-5-16(36-19)15-27-31-20-28-21(32-7-11-34-12-8-32)30-22(29-20)33-9-13-35-14-10-33/h1-6,15H,7-14H2,(H,28,29,30,31)/b27-15-. The van der Waals surface area contributed by atoms with E-state index in [4.69, 9.17) is 13.9 Å². The highest BCUT2D eigenvalue weighted by atomic mass is 19.4. The van der Waals surface area contributed by atoms with Crippen molar-refractivity contribution in [2.24, 2.45) is 5.10 Å². The van der Waals surface area contributed by atoms with Gasteiger partial charge in [-0.25, -0.2) is 5.43 Å². The molecule has 0 spiro atoms. The number of nitrogens with one attached hydrogen (secondary N) is 1. The number of alkyl halides is 3. The Labute approximate surface area is 204 Å². The number of hydrogen-bond donors (Lipinski definition) is 1. The van der Waals surface area contributed by atoms with Gasteiger partial charge in [0.25, 0.3) is 0 Å². The summed E-state index contributed by atoms with van der Waals surface area (Å²) in [6.07, 6.45) is -3.14. The maximum absolute atomic E-state index is 13.3. The molecule has 2 aliphatic heterocycles. The Morgan fingerprint density at radius 3 is 2.06 bits per heavy atom. The second kappa shape index (κ2) is 10.5. The van der Waals surface area contributed by atoms with E-state index in [0.717, 1.165) is 6.07 Å². The Morgan fingerprint density at radius 1 is 0.833 bits per heavy atom. The number of hydrazone groups is 1. The molecule has 1 aromatic carbocycles. The number of nitrogens with zero attached hydrogens (tertiary/aromatic N) is 6. The fourth-order valence-electron chi connectivity index (χ4n) is 3.88. The van der Waals surface area contributed by atoms with Crippen LogP contribution in [0.1, 0.15) is 11.3 Å². The van der Waals surface area contributed by atoms with Gasteiger partial charge in [-0.05, 0) is 18.2 Å². The van der Waals surface area contributed by atoms with Crippen LogP contribution in [0.5, 0.6) is 0 Å². The number of halogens is 3. The van der Waals surface area contributed by atoms with E-state index in [1.165, 1.54) is 30.5 Å². The van der Waals surface area contributed by atoms with Gasteiger partial charge in [0.05, 0.1) is 38.2 Å².